The first-order chi connectivity index (χ1) is 13.5. The Morgan fingerprint density at radius 2 is 2.21 bits per heavy atom. The highest BCUT2D eigenvalue weighted by Gasteiger charge is 2.23. The van der Waals surface area contributed by atoms with E-state index in [1.807, 2.05) is 10.7 Å². The molecule has 0 saturated carbocycles. The first-order valence-corrected chi connectivity index (χ1v) is 9.67. The van der Waals surface area contributed by atoms with E-state index in [1.54, 1.807) is 20.2 Å². The number of hydrogen-bond donors (Lipinski definition) is 2. The Hall–Kier alpha value is -1.75. The lowest BCUT2D eigenvalue weighted by atomic mass is 10.1. The second kappa shape index (κ2) is 10.9. The molecule has 0 spiro atoms. The summed E-state index contributed by atoms with van der Waals surface area (Å²) in [7, 11) is 3.31. The summed E-state index contributed by atoms with van der Waals surface area (Å²) < 4.78 is 20.8. The van der Waals surface area contributed by atoms with Gasteiger partial charge in [0.2, 0.25) is 0 Å². The Bertz CT molecular complexity index is 838. The number of ether oxygens (including phenoxy) is 1. The maximum absolute atomic E-state index is 13.8. The fraction of sp³-hybridized carbons (Fsp3) is 0.550. The third-order valence-corrected chi connectivity index (χ3v) is 4.83. The number of aliphatic imine (C=N–C) groups is 1. The van der Waals surface area contributed by atoms with Gasteiger partial charge in [-0.15, -0.1) is 24.0 Å². The zero-order valence-electron chi connectivity index (χ0n) is 17.4. The lowest BCUT2D eigenvalue weighted by Crippen LogP contribution is -2.46. The Balaban J connectivity index is 0.00000300. The number of methoxy groups -OCH3 is 1. The van der Waals surface area contributed by atoms with Gasteiger partial charge in [-0.1, -0.05) is 19.9 Å². The van der Waals surface area contributed by atoms with E-state index in [1.165, 1.54) is 6.07 Å². The van der Waals surface area contributed by atoms with Gasteiger partial charge in [0.1, 0.15) is 11.6 Å². The number of halogens is 2. The van der Waals surface area contributed by atoms with Crippen molar-refractivity contribution in [2.45, 2.75) is 58.3 Å². The molecule has 3 rings (SSSR count). The van der Waals surface area contributed by atoms with Gasteiger partial charge in [0.15, 0.2) is 11.8 Å². The minimum atomic E-state index is -0.250. The molecule has 0 amide bonds. The van der Waals surface area contributed by atoms with Crippen LogP contribution in [0.4, 0.5) is 4.39 Å². The van der Waals surface area contributed by atoms with Crippen molar-refractivity contribution in [3.05, 3.63) is 46.8 Å². The monoisotopic (exact) mass is 516 g/mol. The molecule has 2 aromatic rings. The highest BCUT2D eigenvalue weighted by molar-refractivity contribution is 14.0. The minimum Gasteiger partial charge on any atom is -0.380 e. The van der Waals surface area contributed by atoms with Crippen molar-refractivity contribution in [3.8, 4) is 0 Å². The van der Waals surface area contributed by atoms with Gasteiger partial charge in [-0.05, 0) is 24.1 Å². The number of nitrogens with one attached hydrogen (secondary N) is 2. The number of fused-ring (bicyclic) bond motifs is 1. The highest BCUT2D eigenvalue weighted by atomic mass is 127. The van der Waals surface area contributed by atoms with Gasteiger partial charge in [-0.25, -0.2) is 14.1 Å². The normalized spacial score (nSPS) is 16.3. The van der Waals surface area contributed by atoms with Gasteiger partial charge in [0.25, 0.3) is 0 Å². The lowest BCUT2D eigenvalue weighted by Gasteiger charge is -2.25. The largest absolute Gasteiger partial charge is 0.380 e. The van der Waals surface area contributed by atoms with E-state index in [0.29, 0.717) is 18.0 Å². The van der Waals surface area contributed by atoms with Gasteiger partial charge in [0, 0.05) is 44.6 Å². The van der Waals surface area contributed by atoms with E-state index < -0.39 is 0 Å². The molecule has 29 heavy (non-hydrogen) atoms. The SMILES string of the molecule is CN=C(NCc1ccc(F)c(COC)c1)NC1CCc2nc(C(C)C)nn2C1.I. The number of hydrogen-bond acceptors (Lipinski definition) is 4. The molecule has 9 heteroatoms. The maximum atomic E-state index is 13.8. The highest BCUT2D eigenvalue weighted by Crippen LogP contribution is 2.17. The summed E-state index contributed by atoms with van der Waals surface area (Å²) in [5, 5.41) is 11.4. The predicted octanol–water partition coefficient (Wildman–Crippen LogP) is 2.99. The van der Waals surface area contributed by atoms with Crippen LogP contribution in [0.15, 0.2) is 23.2 Å². The third kappa shape index (κ3) is 6.11. The van der Waals surface area contributed by atoms with Crippen molar-refractivity contribution in [3.63, 3.8) is 0 Å². The molecular weight excluding hydrogens is 486 g/mol. The molecule has 7 nitrogen and oxygen atoms in total. The van der Waals surface area contributed by atoms with E-state index >= 15 is 0 Å². The van der Waals surface area contributed by atoms with Gasteiger partial charge < -0.3 is 15.4 Å². The minimum absolute atomic E-state index is 0. The summed E-state index contributed by atoms with van der Waals surface area (Å²) in [6.07, 6.45) is 1.87. The van der Waals surface area contributed by atoms with Crippen LogP contribution in [0.25, 0.3) is 0 Å². The van der Waals surface area contributed by atoms with Crippen LogP contribution >= 0.6 is 24.0 Å². The van der Waals surface area contributed by atoms with Crippen LogP contribution in [0.5, 0.6) is 0 Å². The van der Waals surface area contributed by atoms with Crippen molar-refractivity contribution in [1.82, 2.24) is 25.4 Å². The number of guanidine groups is 1. The summed E-state index contributed by atoms with van der Waals surface area (Å²) >= 11 is 0. The zero-order chi connectivity index (χ0) is 20.1. The van der Waals surface area contributed by atoms with E-state index in [0.717, 1.165) is 42.6 Å². The Kier molecular flexibility index (Phi) is 8.81. The molecule has 1 aliphatic rings. The van der Waals surface area contributed by atoms with Crippen LogP contribution in [-0.2, 0) is 30.9 Å². The molecule has 1 aromatic carbocycles. The fourth-order valence-electron chi connectivity index (χ4n) is 3.27. The molecule has 0 fully saturated rings. The second-order valence-electron chi connectivity index (χ2n) is 7.39. The standard InChI is InChI=1S/C20H29FN6O.HI/c1-13(2)19-25-18-8-6-16(11-27(18)26-19)24-20(22-3)23-10-14-5-7-17(21)15(9-14)12-28-4;/h5,7,9,13,16H,6,8,10-12H2,1-4H3,(H2,22,23,24);1H. The summed E-state index contributed by atoms with van der Waals surface area (Å²) in [5.74, 6) is 2.76. The zero-order valence-corrected chi connectivity index (χ0v) is 19.7. The van der Waals surface area contributed by atoms with Crippen molar-refractivity contribution in [1.29, 1.82) is 0 Å². The van der Waals surface area contributed by atoms with Gasteiger partial charge in [-0.2, -0.15) is 5.10 Å². The van der Waals surface area contributed by atoms with E-state index in [2.05, 4.69) is 39.6 Å². The van der Waals surface area contributed by atoms with Gasteiger partial charge in [-0.3, -0.25) is 4.99 Å². The topological polar surface area (TPSA) is 76.4 Å². The average Bonchev–Trinajstić information content (AvgIpc) is 3.11. The number of rotatable bonds is 6. The quantitative estimate of drug-likeness (QED) is 0.351. The number of aromatic nitrogens is 3. The molecule has 0 radical (unpaired) electrons. The molecule has 0 bridgehead atoms. The third-order valence-electron chi connectivity index (χ3n) is 4.83. The van der Waals surface area contributed by atoms with Crippen molar-refractivity contribution in [2.24, 2.45) is 4.99 Å². The maximum Gasteiger partial charge on any atom is 0.191 e. The molecule has 0 saturated heterocycles. The molecule has 1 aliphatic heterocycles. The van der Waals surface area contributed by atoms with Gasteiger partial charge >= 0.3 is 0 Å². The number of benzene rings is 1. The summed E-state index contributed by atoms with van der Waals surface area (Å²) in [6, 6.07) is 5.29. The first-order valence-electron chi connectivity index (χ1n) is 9.67. The van der Waals surface area contributed by atoms with Crippen molar-refractivity contribution < 1.29 is 9.13 Å². The van der Waals surface area contributed by atoms with Crippen LogP contribution in [0.1, 0.15) is 49.0 Å². The molecule has 0 aliphatic carbocycles. The number of aryl methyl sites for hydroxylation is 1. The number of nitrogens with zero attached hydrogens (tertiary/aromatic N) is 4. The van der Waals surface area contributed by atoms with E-state index in [-0.39, 0.29) is 42.4 Å². The summed E-state index contributed by atoms with van der Waals surface area (Å²) in [6.45, 7) is 5.79. The molecule has 2 heterocycles. The molecule has 1 aromatic heterocycles. The van der Waals surface area contributed by atoms with Crippen molar-refractivity contribution in [2.75, 3.05) is 14.2 Å². The molecule has 1 unspecified atom stereocenters. The predicted molar refractivity (Wildman–Crippen MR) is 122 cm³/mol. The lowest BCUT2D eigenvalue weighted by molar-refractivity contribution is 0.181. The summed E-state index contributed by atoms with van der Waals surface area (Å²) in [4.78, 5) is 8.94. The fourth-order valence-corrected chi connectivity index (χ4v) is 3.27. The Labute approximate surface area is 188 Å². The summed E-state index contributed by atoms with van der Waals surface area (Å²) in [5.41, 5.74) is 1.52. The molecule has 160 valence electrons. The van der Waals surface area contributed by atoms with Crippen molar-refractivity contribution >= 4 is 29.9 Å². The van der Waals surface area contributed by atoms with E-state index in [9.17, 15) is 4.39 Å². The second-order valence-corrected chi connectivity index (χ2v) is 7.39. The average molecular weight is 516 g/mol. The van der Waals surface area contributed by atoms with Crippen LogP contribution in [0.3, 0.4) is 0 Å². The van der Waals surface area contributed by atoms with Gasteiger partial charge in [0.05, 0.1) is 13.2 Å². The first kappa shape index (κ1) is 23.5. The Morgan fingerprint density at radius 3 is 2.90 bits per heavy atom. The Morgan fingerprint density at radius 1 is 1.41 bits per heavy atom. The van der Waals surface area contributed by atoms with Crippen LogP contribution < -0.4 is 10.6 Å². The molecular formula is C20H30FIN6O. The smallest absolute Gasteiger partial charge is 0.191 e. The molecule has 1 atom stereocenters. The van der Waals surface area contributed by atoms with Crippen LogP contribution in [0, 0.1) is 5.82 Å². The van der Waals surface area contributed by atoms with Crippen LogP contribution in [0.2, 0.25) is 0 Å². The molecule has 2 N–H and O–H groups in total. The van der Waals surface area contributed by atoms with Crippen LogP contribution in [-0.4, -0.2) is 40.9 Å². The van der Waals surface area contributed by atoms with E-state index in [4.69, 9.17) is 4.74 Å².